The number of carboxylic acids is 1. The molecule has 0 spiro atoms. The van der Waals surface area contributed by atoms with Crippen LogP contribution in [0.3, 0.4) is 0 Å². The Morgan fingerprint density at radius 2 is 2.11 bits per heavy atom. The van der Waals surface area contributed by atoms with Gasteiger partial charge in [-0.15, -0.1) is 11.8 Å². The molecule has 0 saturated carbocycles. The first-order valence-corrected chi connectivity index (χ1v) is 7.03. The number of ether oxygens (including phenoxy) is 2. The van der Waals surface area contributed by atoms with Crippen molar-refractivity contribution in [3.63, 3.8) is 0 Å². The Bertz CT molecular complexity index is 451. The molecule has 0 radical (unpaired) electrons. The lowest BCUT2D eigenvalue weighted by atomic mass is 10.0. The minimum absolute atomic E-state index is 0.0327. The molecule has 1 aromatic rings. The molecule has 0 saturated heterocycles. The maximum absolute atomic E-state index is 10.6. The summed E-state index contributed by atoms with van der Waals surface area (Å²) in [4.78, 5) is 11.5. The number of aliphatic carboxylic acids is 1. The molecule has 19 heavy (non-hydrogen) atoms. The smallest absolute Gasteiger partial charge is 0.303 e. The number of hydrogen-bond donors (Lipinski definition) is 2. The van der Waals surface area contributed by atoms with Gasteiger partial charge in [0.2, 0.25) is 0 Å². The Balaban J connectivity index is 3.09. The molecule has 106 valence electrons. The molecule has 1 aromatic carbocycles. The summed E-state index contributed by atoms with van der Waals surface area (Å²) in [5.41, 5.74) is 6.84. The fraction of sp³-hybridized carbons (Fsp3) is 0.462. The van der Waals surface area contributed by atoms with Crippen molar-refractivity contribution >= 4 is 17.7 Å². The zero-order valence-corrected chi connectivity index (χ0v) is 12.1. The van der Waals surface area contributed by atoms with Crippen molar-refractivity contribution < 1.29 is 19.4 Å². The fourth-order valence-electron chi connectivity index (χ4n) is 1.85. The first-order valence-electron chi connectivity index (χ1n) is 5.81. The molecule has 1 unspecified atom stereocenters. The van der Waals surface area contributed by atoms with E-state index >= 15 is 0 Å². The second kappa shape index (κ2) is 7.25. The number of thioether (sulfide) groups is 1. The summed E-state index contributed by atoms with van der Waals surface area (Å²) in [6.45, 7) is 0. The third-order valence-corrected chi connectivity index (χ3v) is 3.60. The van der Waals surface area contributed by atoms with Gasteiger partial charge in [-0.2, -0.15) is 0 Å². The highest BCUT2D eigenvalue weighted by atomic mass is 32.2. The van der Waals surface area contributed by atoms with Crippen LogP contribution in [0.5, 0.6) is 11.5 Å². The van der Waals surface area contributed by atoms with Gasteiger partial charge < -0.3 is 20.3 Å². The maximum Gasteiger partial charge on any atom is 0.303 e. The lowest BCUT2D eigenvalue weighted by Gasteiger charge is -2.19. The van der Waals surface area contributed by atoms with Crippen molar-refractivity contribution in [2.24, 2.45) is 5.73 Å². The number of nitrogens with two attached hydrogens (primary N) is 1. The summed E-state index contributed by atoms with van der Waals surface area (Å²) in [7, 11) is 3.17. The predicted octanol–water partition coefficient (Wildman–Crippen LogP) is 2.29. The average molecular weight is 285 g/mol. The van der Waals surface area contributed by atoms with Crippen LogP contribution < -0.4 is 15.2 Å². The first-order chi connectivity index (χ1) is 9.04. The van der Waals surface area contributed by atoms with Gasteiger partial charge in [-0.3, -0.25) is 4.79 Å². The van der Waals surface area contributed by atoms with Crippen LogP contribution in [0.2, 0.25) is 0 Å². The van der Waals surface area contributed by atoms with Crippen LogP contribution >= 0.6 is 11.8 Å². The molecular weight excluding hydrogens is 266 g/mol. The zero-order chi connectivity index (χ0) is 14.4. The number of rotatable bonds is 7. The molecule has 3 N–H and O–H groups in total. The molecule has 0 heterocycles. The predicted molar refractivity (Wildman–Crippen MR) is 75.1 cm³/mol. The van der Waals surface area contributed by atoms with Gasteiger partial charge in [0.15, 0.2) is 0 Å². The average Bonchev–Trinajstić information content (AvgIpc) is 2.42. The number of methoxy groups -OCH3 is 2. The highest BCUT2D eigenvalue weighted by Gasteiger charge is 2.19. The number of benzene rings is 1. The summed E-state index contributed by atoms with van der Waals surface area (Å²) in [6.07, 6.45) is 2.32. The van der Waals surface area contributed by atoms with E-state index in [1.165, 1.54) is 11.8 Å². The van der Waals surface area contributed by atoms with Gasteiger partial charge in [0.05, 0.1) is 19.1 Å². The van der Waals surface area contributed by atoms with E-state index in [1.807, 2.05) is 18.4 Å². The third-order valence-electron chi connectivity index (χ3n) is 2.80. The summed E-state index contributed by atoms with van der Waals surface area (Å²) < 4.78 is 10.7. The van der Waals surface area contributed by atoms with Crippen molar-refractivity contribution in [3.8, 4) is 11.5 Å². The largest absolute Gasteiger partial charge is 0.495 e. The van der Waals surface area contributed by atoms with Gasteiger partial charge in [0.25, 0.3) is 0 Å². The van der Waals surface area contributed by atoms with Crippen LogP contribution in [0.15, 0.2) is 17.0 Å². The second-order valence-electron chi connectivity index (χ2n) is 3.96. The Labute approximate surface area is 117 Å². The van der Waals surface area contributed by atoms with Gasteiger partial charge in [0, 0.05) is 18.0 Å². The van der Waals surface area contributed by atoms with E-state index in [1.54, 1.807) is 14.2 Å². The van der Waals surface area contributed by atoms with Crippen molar-refractivity contribution in [1.29, 1.82) is 0 Å². The minimum Gasteiger partial charge on any atom is -0.495 e. The molecule has 0 aliphatic heterocycles. The third kappa shape index (κ3) is 3.78. The van der Waals surface area contributed by atoms with Crippen LogP contribution in [0.1, 0.15) is 24.4 Å². The van der Waals surface area contributed by atoms with Gasteiger partial charge in [0.1, 0.15) is 11.5 Å². The summed E-state index contributed by atoms with van der Waals surface area (Å²) >= 11 is 1.51. The van der Waals surface area contributed by atoms with Gasteiger partial charge in [-0.05, 0) is 24.8 Å². The van der Waals surface area contributed by atoms with E-state index in [0.29, 0.717) is 12.2 Å². The zero-order valence-electron chi connectivity index (χ0n) is 11.3. The highest BCUT2D eigenvalue weighted by Crippen LogP contribution is 2.41. The van der Waals surface area contributed by atoms with Gasteiger partial charge in [-0.1, -0.05) is 0 Å². The molecule has 1 atom stereocenters. The molecule has 0 aromatic heterocycles. The second-order valence-corrected chi connectivity index (χ2v) is 4.78. The molecule has 0 amide bonds. The number of hydrogen-bond acceptors (Lipinski definition) is 5. The Morgan fingerprint density at radius 3 is 2.58 bits per heavy atom. The molecule has 1 rings (SSSR count). The summed E-state index contributed by atoms with van der Waals surface area (Å²) in [6, 6.07) is 3.27. The molecule has 0 aliphatic rings. The fourth-order valence-corrected chi connectivity index (χ4v) is 2.59. The molecule has 6 heteroatoms. The van der Waals surface area contributed by atoms with E-state index < -0.39 is 5.97 Å². The number of carboxylic acid groups (broad SMARTS) is 1. The van der Waals surface area contributed by atoms with Crippen LogP contribution in [-0.4, -0.2) is 31.6 Å². The van der Waals surface area contributed by atoms with E-state index in [2.05, 4.69) is 0 Å². The van der Waals surface area contributed by atoms with E-state index in [-0.39, 0.29) is 12.5 Å². The van der Waals surface area contributed by atoms with Gasteiger partial charge >= 0.3 is 5.97 Å². The van der Waals surface area contributed by atoms with Crippen LogP contribution in [0, 0.1) is 0 Å². The van der Waals surface area contributed by atoms with Crippen LogP contribution in [-0.2, 0) is 4.79 Å². The topological polar surface area (TPSA) is 81.8 Å². The van der Waals surface area contributed by atoms with Crippen molar-refractivity contribution in [2.45, 2.75) is 23.8 Å². The standard InChI is InChI=1S/C13H19NO4S/c1-17-10-6-4-8(9(14)5-7-11(15)16)12(18-2)13(10)19-3/h4,6,9H,5,7,14H2,1-3H3,(H,15,16). The summed E-state index contributed by atoms with van der Waals surface area (Å²) in [5, 5.41) is 8.71. The van der Waals surface area contributed by atoms with Crippen molar-refractivity contribution in [3.05, 3.63) is 17.7 Å². The normalized spacial score (nSPS) is 12.0. The molecular formula is C13H19NO4S. The quantitative estimate of drug-likeness (QED) is 0.748. The van der Waals surface area contributed by atoms with Crippen LogP contribution in [0.4, 0.5) is 0 Å². The van der Waals surface area contributed by atoms with Crippen LogP contribution in [0.25, 0.3) is 0 Å². The van der Waals surface area contributed by atoms with E-state index in [4.69, 9.17) is 20.3 Å². The molecule has 0 aliphatic carbocycles. The Hall–Kier alpha value is -1.40. The minimum atomic E-state index is -0.854. The lowest BCUT2D eigenvalue weighted by Crippen LogP contribution is -2.14. The highest BCUT2D eigenvalue weighted by molar-refractivity contribution is 7.98. The first kappa shape index (κ1) is 15.7. The monoisotopic (exact) mass is 285 g/mol. The Morgan fingerprint density at radius 1 is 1.42 bits per heavy atom. The SMILES string of the molecule is COc1ccc(C(N)CCC(=O)O)c(OC)c1SC. The van der Waals surface area contributed by atoms with Gasteiger partial charge in [-0.25, -0.2) is 0 Å². The molecule has 0 bridgehead atoms. The lowest BCUT2D eigenvalue weighted by molar-refractivity contribution is -0.137. The van der Waals surface area contributed by atoms with E-state index in [0.717, 1.165) is 16.2 Å². The van der Waals surface area contributed by atoms with E-state index in [9.17, 15) is 4.79 Å². The van der Waals surface area contributed by atoms with Crippen molar-refractivity contribution in [2.75, 3.05) is 20.5 Å². The Kier molecular flexibility index (Phi) is 5.98. The molecule has 0 fully saturated rings. The summed E-state index contributed by atoms with van der Waals surface area (Å²) in [5.74, 6) is 0.524. The number of carbonyl (C=O) groups is 1. The maximum atomic E-state index is 10.6. The molecule has 5 nitrogen and oxygen atoms in total. The van der Waals surface area contributed by atoms with Crippen molar-refractivity contribution in [1.82, 2.24) is 0 Å².